The molecule has 0 radical (unpaired) electrons. The van der Waals surface area contributed by atoms with E-state index >= 15 is 0 Å². The first kappa shape index (κ1) is 17.4. The minimum atomic E-state index is -0.324. The number of amides is 1. The van der Waals surface area contributed by atoms with Gasteiger partial charge in [-0.05, 0) is 11.6 Å². The largest absolute Gasteiger partial charge is 0.383 e. The van der Waals surface area contributed by atoms with Crippen LogP contribution in [0, 0.1) is 5.82 Å². The Labute approximate surface area is 125 Å². The van der Waals surface area contributed by atoms with Gasteiger partial charge in [-0.1, -0.05) is 12.1 Å². The van der Waals surface area contributed by atoms with Gasteiger partial charge >= 0.3 is 0 Å². The molecule has 118 valence electrons. The van der Waals surface area contributed by atoms with E-state index in [4.69, 9.17) is 4.74 Å². The molecule has 21 heavy (non-hydrogen) atoms. The number of benzene rings is 1. The predicted octanol–water partition coefficient (Wildman–Crippen LogP) is 1.09. The van der Waals surface area contributed by atoms with Crippen LogP contribution in [-0.4, -0.2) is 58.8 Å². The van der Waals surface area contributed by atoms with E-state index < -0.39 is 0 Å². The SMILES string of the molecule is COCCNCc1cccc(F)c1N(C)CC(=O)N(C)C. The van der Waals surface area contributed by atoms with E-state index in [1.807, 2.05) is 6.07 Å². The molecule has 1 rings (SSSR count). The van der Waals surface area contributed by atoms with Crippen molar-refractivity contribution in [1.82, 2.24) is 10.2 Å². The number of hydrogen-bond acceptors (Lipinski definition) is 4. The molecule has 5 nitrogen and oxygen atoms in total. The molecule has 1 aromatic carbocycles. The molecule has 0 saturated carbocycles. The lowest BCUT2D eigenvalue weighted by Crippen LogP contribution is -2.35. The van der Waals surface area contributed by atoms with Crippen molar-refractivity contribution >= 4 is 11.6 Å². The van der Waals surface area contributed by atoms with Crippen molar-refractivity contribution in [3.8, 4) is 0 Å². The fraction of sp³-hybridized carbons (Fsp3) is 0.533. The topological polar surface area (TPSA) is 44.8 Å². The summed E-state index contributed by atoms with van der Waals surface area (Å²) in [5, 5.41) is 3.19. The van der Waals surface area contributed by atoms with Gasteiger partial charge in [-0.2, -0.15) is 0 Å². The predicted molar refractivity (Wildman–Crippen MR) is 81.9 cm³/mol. The number of anilines is 1. The summed E-state index contributed by atoms with van der Waals surface area (Å²) in [5.41, 5.74) is 1.28. The van der Waals surface area contributed by atoms with Gasteiger partial charge in [-0.15, -0.1) is 0 Å². The van der Waals surface area contributed by atoms with Crippen molar-refractivity contribution in [3.63, 3.8) is 0 Å². The van der Waals surface area contributed by atoms with Crippen molar-refractivity contribution in [2.45, 2.75) is 6.54 Å². The van der Waals surface area contributed by atoms with Crippen LogP contribution in [0.1, 0.15) is 5.56 Å². The highest BCUT2D eigenvalue weighted by atomic mass is 19.1. The van der Waals surface area contributed by atoms with Gasteiger partial charge in [0.2, 0.25) is 5.91 Å². The number of nitrogens with one attached hydrogen (secondary N) is 1. The van der Waals surface area contributed by atoms with Crippen LogP contribution in [0.25, 0.3) is 0 Å². The molecule has 0 heterocycles. The standard InChI is InChI=1S/C15H24FN3O2/c1-18(2)14(20)11-19(3)15-12(6-5-7-13(15)16)10-17-8-9-21-4/h5-7,17H,8-11H2,1-4H3. The number of hydrogen-bond donors (Lipinski definition) is 1. The summed E-state index contributed by atoms with van der Waals surface area (Å²) in [6, 6.07) is 4.94. The van der Waals surface area contributed by atoms with Crippen LogP contribution in [0.4, 0.5) is 10.1 Å². The third-order valence-electron chi connectivity index (χ3n) is 3.12. The van der Waals surface area contributed by atoms with Gasteiger partial charge < -0.3 is 19.9 Å². The van der Waals surface area contributed by atoms with Crippen LogP contribution in [0.5, 0.6) is 0 Å². The number of para-hydroxylation sites is 1. The van der Waals surface area contributed by atoms with Gasteiger partial charge in [0.1, 0.15) is 5.82 Å². The summed E-state index contributed by atoms with van der Waals surface area (Å²) in [6.07, 6.45) is 0. The zero-order chi connectivity index (χ0) is 15.8. The smallest absolute Gasteiger partial charge is 0.241 e. The Hall–Kier alpha value is -1.66. The van der Waals surface area contributed by atoms with Gasteiger partial charge in [0.25, 0.3) is 0 Å². The second-order valence-electron chi connectivity index (χ2n) is 5.06. The molecule has 0 spiro atoms. The fourth-order valence-corrected chi connectivity index (χ4v) is 1.95. The van der Waals surface area contributed by atoms with Crippen molar-refractivity contribution in [2.75, 3.05) is 52.8 Å². The molecule has 1 aromatic rings. The third-order valence-corrected chi connectivity index (χ3v) is 3.12. The lowest BCUT2D eigenvalue weighted by Gasteiger charge is -2.24. The molecular formula is C15H24FN3O2. The van der Waals surface area contributed by atoms with E-state index in [-0.39, 0.29) is 18.3 Å². The van der Waals surface area contributed by atoms with Crippen molar-refractivity contribution in [3.05, 3.63) is 29.6 Å². The van der Waals surface area contributed by atoms with E-state index in [1.54, 1.807) is 39.2 Å². The number of methoxy groups -OCH3 is 1. The molecule has 0 saturated heterocycles. The van der Waals surface area contributed by atoms with Crippen LogP contribution in [-0.2, 0) is 16.1 Å². The summed E-state index contributed by atoms with van der Waals surface area (Å²) < 4.78 is 19.1. The van der Waals surface area contributed by atoms with Crippen molar-refractivity contribution in [2.24, 2.45) is 0 Å². The Morgan fingerprint density at radius 2 is 2.05 bits per heavy atom. The molecule has 0 aromatic heterocycles. The Balaban J connectivity index is 2.81. The van der Waals surface area contributed by atoms with Crippen LogP contribution in [0.2, 0.25) is 0 Å². The first-order valence-corrected chi connectivity index (χ1v) is 6.85. The summed E-state index contributed by atoms with van der Waals surface area (Å²) >= 11 is 0. The summed E-state index contributed by atoms with van der Waals surface area (Å²) in [5.74, 6) is -0.394. The monoisotopic (exact) mass is 297 g/mol. The van der Waals surface area contributed by atoms with Crippen molar-refractivity contribution < 1.29 is 13.9 Å². The van der Waals surface area contributed by atoms with Gasteiger partial charge in [-0.25, -0.2) is 4.39 Å². The maximum Gasteiger partial charge on any atom is 0.241 e. The average Bonchev–Trinajstić information content (AvgIpc) is 2.43. The molecule has 0 unspecified atom stereocenters. The Morgan fingerprint density at radius 3 is 2.67 bits per heavy atom. The summed E-state index contributed by atoms with van der Waals surface area (Å²) in [7, 11) is 6.73. The first-order valence-electron chi connectivity index (χ1n) is 6.85. The number of nitrogens with zero attached hydrogens (tertiary/aromatic N) is 2. The Kier molecular flexibility index (Phi) is 7.11. The van der Waals surface area contributed by atoms with Gasteiger partial charge in [-0.3, -0.25) is 4.79 Å². The van der Waals surface area contributed by atoms with Crippen LogP contribution >= 0.6 is 0 Å². The lowest BCUT2D eigenvalue weighted by atomic mass is 10.1. The second-order valence-corrected chi connectivity index (χ2v) is 5.06. The number of carbonyl (C=O) groups is 1. The van der Waals surface area contributed by atoms with Gasteiger partial charge in [0, 0.05) is 41.3 Å². The zero-order valence-electron chi connectivity index (χ0n) is 13.1. The van der Waals surface area contributed by atoms with Gasteiger partial charge in [0.15, 0.2) is 0 Å². The Morgan fingerprint density at radius 1 is 1.33 bits per heavy atom. The minimum Gasteiger partial charge on any atom is -0.383 e. The average molecular weight is 297 g/mol. The maximum absolute atomic E-state index is 14.1. The van der Waals surface area contributed by atoms with E-state index in [2.05, 4.69) is 5.32 Å². The van der Waals surface area contributed by atoms with Crippen LogP contribution in [0.15, 0.2) is 18.2 Å². The van der Waals surface area contributed by atoms with E-state index in [0.717, 1.165) is 5.56 Å². The van der Waals surface area contributed by atoms with E-state index in [1.165, 1.54) is 11.0 Å². The molecule has 0 atom stereocenters. The van der Waals surface area contributed by atoms with Crippen LogP contribution in [0.3, 0.4) is 0 Å². The molecule has 1 N–H and O–H groups in total. The highest BCUT2D eigenvalue weighted by molar-refractivity contribution is 5.81. The quantitative estimate of drug-likeness (QED) is 0.730. The molecule has 0 aliphatic rings. The zero-order valence-corrected chi connectivity index (χ0v) is 13.1. The Bertz CT molecular complexity index is 466. The minimum absolute atomic E-state index is 0.0703. The number of halogens is 1. The molecule has 0 aliphatic carbocycles. The van der Waals surface area contributed by atoms with E-state index in [0.29, 0.717) is 25.4 Å². The lowest BCUT2D eigenvalue weighted by molar-refractivity contribution is -0.127. The highest BCUT2D eigenvalue weighted by Crippen LogP contribution is 2.23. The number of rotatable bonds is 8. The van der Waals surface area contributed by atoms with E-state index in [9.17, 15) is 9.18 Å². The number of carbonyl (C=O) groups excluding carboxylic acids is 1. The number of ether oxygens (including phenoxy) is 1. The van der Waals surface area contributed by atoms with Gasteiger partial charge in [0.05, 0.1) is 18.8 Å². The highest BCUT2D eigenvalue weighted by Gasteiger charge is 2.16. The fourth-order valence-electron chi connectivity index (χ4n) is 1.95. The third kappa shape index (κ3) is 5.32. The summed E-state index contributed by atoms with van der Waals surface area (Å²) in [6.45, 7) is 1.95. The molecular weight excluding hydrogens is 273 g/mol. The molecule has 0 bridgehead atoms. The van der Waals surface area contributed by atoms with Crippen molar-refractivity contribution in [1.29, 1.82) is 0 Å². The molecule has 0 fully saturated rings. The number of likely N-dealkylation sites (N-methyl/N-ethyl adjacent to an activating group) is 2. The maximum atomic E-state index is 14.1. The van der Waals surface area contributed by atoms with Crippen LogP contribution < -0.4 is 10.2 Å². The molecule has 1 amide bonds. The second kappa shape index (κ2) is 8.59. The summed E-state index contributed by atoms with van der Waals surface area (Å²) in [4.78, 5) is 14.9. The first-order chi connectivity index (χ1) is 9.97. The molecule has 0 aliphatic heterocycles. The normalized spacial score (nSPS) is 10.5. The molecule has 6 heteroatoms.